The summed E-state index contributed by atoms with van der Waals surface area (Å²) in [5.41, 5.74) is 5.89. The molecule has 102 valence electrons. The molecule has 0 aliphatic rings. The molecule has 0 fully saturated rings. The lowest BCUT2D eigenvalue weighted by Crippen LogP contribution is -1.90. The van der Waals surface area contributed by atoms with Crippen molar-refractivity contribution in [3.8, 4) is 22.5 Å². The third-order valence-electron chi connectivity index (χ3n) is 3.44. The number of aryl methyl sites for hydroxylation is 2. The van der Waals surface area contributed by atoms with Crippen molar-refractivity contribution in [3.05, 3.63) is 65.3 Å². The minimum Gasteiger partial charge on any atom is -0.294 e. The highest BCUT2D eigenvalue weighted by Gasteiger charge is 2.15. The first-order valence-electron chi connectivity index (χ1n) is 6.65. The van der Waals surface area contributed by atoms with E-state index in [9.17, 15) is 0 Å². The Morgan fingerprint density at radius 2 is 1.81 bits per heavy atom. The minimum atomic E-state index is 0.540. The molecule has 0 unspecified atom stereocenters. The van der Waals surface area contributed by atoms with E-state index < -0.39 is 0 Å². The van der Waals surface area contributed by atoms with Gasteiger partial charge < -0.3 is 0 Å². The van der Waals surface area contributed by atoms with Crippen LogP contribution in [-0.2, 0) is 0 Å². The van der Waals surface area contributed by atoms with Gasteiger partial charge in [-0.05, 0) is 31.0 Å². The smallest absolute Gasteiger partial charge is 0.236 e. The van der Waals surface area contributed by atoms with Crippen molar-refractivity contribution < 1.29 is 0 Å². The molecule has 1 N–H and O–H groups in total. The lowest BCUT2D eigenvalue weighted by molar-refractivity contribution is 1.04. The van der Waals surface area contributed by atoms with E-state index in [4.69, 9.17) is 6.57 Å². The molecular weight excluding hydrogens is 260 g/mol. The summed E-state index contributed by atoms with van der Waals surface area (Å²) in [6.07, 6.45) is 1.83. The predicted octanol–water partition coefficient (Wildman–Crippen LogP) is 4.31. The summed E-state index contributed by atoms with van der Waals surface area (Å²) in [4.78, 5) is 8.07. The average Bonchev–Trinajstić information content (AvgIpc) is 2.88. The first-order valence-corrected chi connectivity index (χ1v) is 6.65. The summed E-state index contributed by atoms with van der Waals surface area (Å²) in [6.45, 7) is 11.1. The zero-order valence-corrected chi connectivity index (χ0v) is 11.9. The number of benzene rings is 1. The molecule has 2 heterocycles. The van der Waals surface area contributed by atoms with E-state index in [1.165, 1.54) is 0 Å². The Hall–Kier alpha value is -2.93. The second-order valence-electron chi connectivity index (χ2n) is 4.91. The van der Waals surface area contributed by atoms with Crippen LogP contribution < -0.4 is 0 Å². The molecule has 0 bridgehead atoms. The van der Waals surface area contributed by atoms with Crippen LogP contribution in [0.3, 0.4) is 0 Å². The maximum atomic E-state index is 7.28. The second-order valence-corrected chi connectivity index (χ2v) is 4.91. The molecule has 3 rings (SSSR count). The molecule has 0 saturated heterocycles. The molecule has 0 atom stereocenters. The van der Waals surface area contributed by atoms with Gasteiger partial charge in [-0.15, -0.1) is 0 Å². The minimum absolute atomic E-state index is 0.540. The van der Waals surface area contributed by atoms with Crippen LogP contribution in [0.15, 0.2) is 42.6 Å². The van der Waals surface area contributed by atoms with E-state index >= 15 is 0 Å². The maximum Gasteiger partial charge on any atom is 0.236 e. The standard InChI is InChI=1S/C17H14N4/c1-11-9-14(13-7-5-4-6-8-13)10-19-15(11)17-16(18-3)12(2)20-21-17/h4-10H,1-2H3,(H,20,21). The van der Waals surface area contributed by atoms with Crippen LogP contribution in [0.5, 0.6) is 0 Å². The summed E-state index contributed by atoms with van der Waals surface area (Å²) in [6, 6.07) is 12.2. The topological polar surface area (TPSA) is 45.9 Å². The van der Waals surface area contributed by atoms with Crippen molar-refractivity contribution in [1.82, 2.24) is 15.2 Å². The molecule has 4 nitrogen and oxygen atoms in total. The highest BCUT2D eigenvalue weighted by Crippen LogP contribution is 2.32. The van der Waals surface area contributed by atoms with Crippen LogP contribution in [0.2, 0.25) is 0 Å². The third kappa shape index (κ3) is 2.30. The van der Waals surface area contributed by atoms with E-state index in [1.54, 1.807) is 0 Å². The van der Waals surface area contributed by atoms with E-state index in [-0.39, 0.29) is 0 Å². The Morgan fingerprint density at radius 3 is 2.48 bits per heavy atom. The third-order valence-corrected chi connectivity index (χ3v) is 3.44. The zero-order valence-electron chi connectivity index (χ0n) is 11.9. The van der Waals surface area contributed by atoms with Gasteiger partial charge in [0, 0.05) is 17.5 Å². The van der Waals surface area contributed by atoms with Crippen molar-refractivity contribution in [2.45, 2.75) is 13.8 Å². The predicted molar refractivity (Wildman–Crippen MR) is 83.0 cm³/mol. The van der Waals surface area contributed by atoms with E-state index in [1.807, 2.05) is 38.2 Å². The molecule has 0 radical (unpaired) electrons. The first kappa shape index (κ1) is 13.1. The van der Waals surface area contributed by atoms with Gasteiger partial charge in [0.05, 0.1) is 12.3 Å². The van der Waals surface area contributed by atoms with Crippen LogP contribution >= 0.6 is 0 Å². The van der Waals surface area contributed by atoms with Crippen molar-refractivity contribution in [2.24, 2.45) is 0 Å². The maximum absolute atomic E-state index is 7.28. The molecule has 0 saturated carbocycles. The largest absolute Gasteiger partial charge is 0.294 e. The Bertz CT molecular complexity index is 826. The fourth-order valence-corrected chi connectivity index (χ4v) is 2.34. The van der Waals surface area contributed by atoms with Gasteiger partial charge in [-0.2, -0.15) is 5.10 Å². The number of aromatic nitrogens is 3. The summed E-state index contributed by atoms with van der Waals surface area (Å²) in [5, 5.41) is 7.08. The number of nitrogens with one attached hydrogen (secondary N) is 1. The monoisotopic (exact) mass is 274 g/mol. The van der Waals surface area contributed by atoms with Crippen LogP contribution in [0.25, 0.3) is 27.4 Å². The van der Waals surface area contributed by atoms with Crippen molar-refractivity contribution >= 4 is 5.69 Å². The van der Waals surface area contributed by atoms with Gasteiger partial charge in [0.25, 0.3) is 0 Å². The van der Waals surface area contributed by atoms with E-state index in [2.05, 4.69) is 38.2 Å². The molecule has 4 heteroatoms. The Kier molecular flexibility index (Phi) is 3.25. The van der Waals surface area contributed by atoms with Gasteiger partial charge >= 0.3 is 0 Å². The fraction of sp³-hybridized carbons (Fsp3) is 0.118. The summed E-state index contributed by atoms with van der Waals surface area (Å²) in [7, 11) is 0. The number of rotatable bonds is 2. The lowest BCUT2D eigenvalue weighted by Gasteiger charge is -2.06. The molecule has 21 heavy (non-hydrogen) atoms. The SMILES string of the molecule is [C-]#[N+]c1c(-c2ncc(-c3ccccc3)cc2C)n[nH]c1C. The van der Waals surface area contributed by atoms with Gasteiger partial charge in [0.1, 0.15) is 5.69 Å². The molecule has 0 amide bonds. The molecule has 0 spiro atoms. The Labute approximate surface area is 123 Å². The molecule has 3 aromatic rings. The molecule has 1 aromatic carbocycles. The number of aromatic amines is 1. The highest BCUT2D eigenvalue weighted by atomic mass is 15.1. The van der Waals surface area contributed by atoms with Crippen molar-refractivity contribution in [2.75, 3.05) is 0 Å². The van der Waals surface area contributed by atoms with Gasteiger partial charge in [0.2, 0.25) is 5.69 Å². The fourth-order valence-electron chi connectivity index (χ4n) is 2.34. The van der Waals surface area contributed by atoms with Crippen LogP contribution in [0, 0.1) is 20.4 Å². The van der Waals surface area contributed by atoms with Gasteiger partial charge in [-0.3, -0.25) is 10.1 Å². The van der Waals surface area contributed by atoms with E-state index in [0.717, 1.165) is 28.1 Å². The summed E-state index contributed by atoms with van der Waals surface area (Å²) in [5.74, 6) is 0. The molecular formula is C17H14N4. The Morgan fingerprint density at radius 1 is 1.05 bits per heavy atom. The zero-order chi connectivity index (χ0) is 14.8. The number of pyridine rings is 1. The normalized spacial score (nSPS) is 10.3. The number of hydrogen-bond acceptors (Lipinski definition) is 2. The van der Waals surface area contributed by atoms with Crippen molar-refractivity contribution in [3.63, 3.8) is 0 Å². The number of H-pyrrole nitrogens is 1. The van der Waals surface area contributed by atoms with Crippen LogP contribution in [0.4, 0.5) is 5.69 Å². The molecule has 0 aliphatic carbocycles. The van der Waals surface area contributed by atoms with E-state index in [0.29, 0.717) is 11.4 Å². The van der Waals surface area contributed by atoms with Gasteiger partial charge in [-0.1, -0.05) is 30.3 Å². The number of nitrogens with zero attached hydrogens (tertiary/aromatic N) is 3. The van der Waals surface area contributed by atoms with Gasteiger partial charge in [0.15, 0.2) is 0 Å². The number of hydrogen-bond donors (Lipinski definition) is 1. The quantitative estimate of drug-likeness (QED) is 0.708. The molecule has 2 aromatic heterocycles. The Balaban J connectivity index is 2.09. The van der Waals surface area contributed by atoms with Crippen LogP contribution in [-0.4, -0.2) is 15.2 Å². The first-order chi connectivity index (χ1) is 10.2. The van der Waals surface area contributed by atoms with Crippen molar-refractivity contribution in [1.29, 1.82) is 0 Å². The highest BCUT2D eigenvalue weighted by molar-refractivity contribution is 5.77. The van der Waals surface area contributed by atoms with Crippen LogP contribution in [0.1, 0.15) is 11.3 Å². The molecule has 0 aliphatic heterocycles. The lowest BCUT2D eigenvalue weighted by atomic mass is 10.0. The van der Waals surface area contributed by atoms with Gasteiger partial charge in [-0.25, -0.2) is 4.85 Å². The average molecular weight is 274 g/mol. The summed E-state index contributed by atoms with van der Waals surface area (Å²) < 4.78 is 0. The second kappa shape index (κ2) is 5.22. The summed E-state index contributed by atoms with van der Waals surface area (Å²) >= 11 is 0.